The van der Waals surface area contributed by atoms with Gasteiger partial charge in [-0.2, -0.15) is 4.31 Å². The summed E-state index contributed by atoms with van der Waals surface area (Å²) in [6, 6.07) is 8.43. The van der Waals surface area contributed by atoms with Crippen molar-refractivity contribution in [1.29, 1.82) is 0 Å². The van der Waals surface area contributed by atoms with Gasteiger partial charge in [0.05, 0.1) is 22.9 Å². The summed E-state index contributed by atoms with van der Waals surface area (Å²) in [5.74, 6) is -0.163. The Morgan fingerprint density at radius 1 is 1.22 bits per heavy atom. The molecule has 2 aromatic rings. The van der Waals surface area contributed by atoms with Crippen LogP contribution >= 0.6 is 27.5 Å². The molecular weight excluding hydrogens is 516 g/mol. The maximum absolute atomic E-state index is 13.2. The van der Waals surface area contributed by atoms with Gasteiger partial charge in [-0.05, 0) is 67.1 Å². The van der Waals surface area contributed by atoms with Gasteiger partial charge in [0.15, 0.2) is 0 Å². The highest BCUT2D eigenvalue weighted by atomic mass is 79.9. The smallest absolute Gasteiger partial charge is 0.243 e. The number of carbonyl (C=O) groups is 1. The number of benzene rings is 2. The van der Waals surface area contributed by atoms with Gasteiger partial charge in [-0.15, -0.1) is 0 Å². The Morgan fingerprint density at radius 3 is 2.44 bits per heavy atom. The number of sulfonamides is 1. The van der Waals surface area contributed by atoms with Crippen LogP contribution in [-0.4, -0.2) is 38.8 Å². The number of rotatable bonds is 7. The number of carbonyl (C=O) groups excluding carboxylic acids is 1. The molecule has 1 N–H and O–H groups in total. The average Bonchev–Trinajstić information content (AvgIpc) is 2.79. The molecule has 0 spiro atoms. The first-order chi connectivity index (χ1) is 15.2. The van der Waals surface area contributed by atoms with Gasteiger partial charge in [0, 0.05) is 23.2 Å². The quantitative estimate of drug-likeness (QED) is 0.516. The van der Waals surface area contributed by atoms with Crippen LogP contribution < -0.4 is 10.1 Å². The van der Waals surface area contributed by atoms with Crippen LogP contribution in [0.4, 0.5) is 5.69 Å². The Labute approximate surface area is 203 Å². The van der Waals surface area contributed by atoms with Crippen LogP contribution in [-0.2, 0) is 27.7 Å². The summed E-state index contributed by atoms with van der Waals surface area (Å²) >= 11 is 9.67. The zero-order valence-electron chi connectivity index (χ0n) is 18.5. The van der Waals surface area contributed by atoms with E-state index in [1.807, 2.05) is 26.0 Å². The van der Waals surface area contributed by atoms with Gasteiger partial charge in [0.2, 0.25) is 15.9 Å². The summed E-state index contributed by atoms with van der Waals surface area (Å²) in [7, 11) is -2.30. The molecule has 1 heterocycles. The number of methoxy groups -OCH3 is 1. The number of hydrogen-bond donors (Lipinski definition) is 1. The number of nitrogens with one attached hydrogen (secondary N) is 1. The van der Waals surface area contributed by atoms with E-state index in [-0.39, 0.29) is 22.4 Å². The minimum absolute atomic E-state index is 0.0961. The van der Waals surface area contributed by atoms with E-state index < -0.39 is 15.9 Å². The summed E-state index contributed by atoms with van der Waals surface area (Å²) in [5.41, 5.74) is 2.94. The topological polar surface area (TPSA) is 75.7 Å². The van der Waals surface area contributed by atoms with Crippen LogP contribution in [0.3, 0.4) is 0 Å². The van der Waals surface area contributed by atoms with Crippen LogP contribution in [0.1, 0.15) is 37.8 Å². The van der Waals surface area contributed by atoms with Gasteiger partial charge in [0.25, 0.3) is 0 Å². The SMILES string of the molecule is CCc1cc(Br)cc(CC)c1NC(=O)[C@@H]1CCCN(S(=O)(=O)c2ccc(OC)c(Cl)c2)C1. The van der Waals surface area contributed by atoms with Crippen molar-refractivity contribution in [3.8, 4) is 5.75 Å². The molecule has 3 rings (SSSR count). The zero-order valence-corrected chi connectivity index (χ0v) is 21.6. The van der Waals surface area contributed by atoms with Crippen LogP contribution in [0.25, 0.3) is 0 Å². The Hall–Kier alpha value is -1.61. The largest absolute Gasteiger partial charge is 0.495 e. The molecule has 2 aromatic carbocycles. The predicted octanol–water partition coefficient (Wildman–Crippen LogP) is 5.28. The van der Waals surface area contributed by atoms with Crippen molar-refractivity contribution in [1.82, 2.24) is 4.31 Å². The van der Waals surface area contributed by atoms with Crippen molar-refractivity contribution in [2.75, 3.05) is 25.5 Å². The minimum atomic E-state index is -3.77. The zero-order chi connectivity index (χ0) is 23.5. The molecule has 6 nitrogen and oxygen atoms in total. The highest BCUT2D eigenvalue weighted by Gasteiger charge is 2.34. The molecule has 32 heavy (non-hydrogen) atoms. The van der Waals surface area contributed by atoms with Gasteiger partial charge in [-0.25, -0.2) is 8.42 Å². The lowest BCUT2D eigenvalue weighted by Crippen LogP contribution is -2.43. The standard InChI is InChI=1S/C23H28BrClN2O4S/c1-4-15-11-18(24)12-16(5-2)22(15)26-23(28)17-7-6-10-27(14-17)32(29,30)19-8-9-21(31-3)20(25)13-19/h8-9,11-13,17H,4-7,10,14H2,1-3H3,(H,26,28)/t17-/m1/s1. The summed E-state index contributed by atoms with van der Waals surface area (Å²) < 4.78 is 33.9. The molecule has 1 aliphatic heterocycles. The predicted molar refractivity (Wildman–Crippen MR) is 131 cm³/mol. The van der Waals surface area contributed by atoms with Gasteiger partial charge in [-0.3, -0.25) is 4.79 Å². The molecule has 174 valence electrons. The van der Waals surface area contributed by atoms with E-state index in [1.54, 1.807) is 0 Å². The maximum Gasteiger partial charge on any atom is 0.243 e. The number of anilines is 1. The van der Waals surface area contributed by atoms with Gasteiger partial charge >= 0.3 is 0 Å². The van der Waals surface area contributed by atoms with Crippen LogP contribution in [0.2, 0.25) is 5.02 Å². The normalized spacial score (nSPS) is 17.2. The van der Waals surface area contributed by atoms with Crippen molar-refractivity contribution in [2.24, 2.45) is 5.92 Å². The molecule has 0 bridgehead atoms. The van der Waals surface area contributed by atoms with E-state index in [1.165, 1.54) is 29.6 Å². The van der Waals surface area contributed by atoms with E-state index in [9.17, 15) is 13.2 Å². The van der Waals surface area contributed by atoms with Crippen molar-refractivity contribution in [3.05, 3.63) is 51.0 Å². The fourth-order valence-electron chi connectivity index (χ4n) is 4.00. The molecule has 1 aliphatic rings. The van der Waals surface area contributed by atoms with E-state index in [0.717, 1.165) is 34.1 Å². The van der Waals surface area contributed by atoms with Crippen LogP contribution in [0, 0.1) is 5.92 Å². The molecule has 1 atom stereocenters. The average molecular weight is 544 g/mol. The lowest BCUT2D eigenvalue weighted by Gasteiger charge is -2.31. The molecule has 1 amide bonds. The molecule has 1 saturated heterocycles. The van der Waals surface area contributed by atoms with E-state index in [0.29, 0.717) is 25.1 Å². The van der Waals surface area contributed by atoms with E-state index >= 15 is 0 Å². The molecule has 9 heteroatoms. The third-order valence-corrected chi connectivity index (χ3v) is 8.41. The summed E-state index contributed by atoms with van der Waals surface area (Å²) in [6.45, 7) is 4.60. The number of piperidine rings is 1. The molecule has 0 aromatic heterocycles. The second kappa shape index (κ2) is 10.5. The van der Waals surface area contributed by atoms with E-state index in [2.05, 4.69) is 21.2 Å². The Balaban J connectivity index is 1.80. The summed E-state index contributed by atoms with van der Waals surface area (Å²) in [4.78, 5) is 13.2. The van der Waals surface area contributed by atoms with Crippen molar-refractivity contribution < 1.29 is 17.9 Å². The van der Waals surface area contributed by atoms with Crippen LogP contribution in [0.15, 0.2) is 39.7 Å². The van der Waals surface area contributed by atoms with Gasteiger partial charge in [-0.1, -0.05) is 41.4 Å². The molecule has 0 aliphatic carbocycles. The molecule has 0 saturated carbocycles. The fraction of sp³-hybridized carbons (Fsp3) is 0.435. The number of hydrogen-bond acceptors (Lipinski definition) is 4. The molecule has 1 fully saturated rings. The second-order valence-corrected chi connectivity index (χ2v) is 11.1. The van der Waals surface area contributed by atoms with Gasteiger partial charge in [0.1, 0.15) is 5.75 Å². The Morgan fingerprint density at radius 2 is 1.88 bits per heavy atom. The first-order valence-corrected chi connectivity index (χ1v) is 13.3. The maximum atomic E-state index is 13.2. The fourth-order valence-corrected chi connectivity index (χ4v) is 6.43. The monoisotopic (exact) mass is 542 g/mol. The Kier molecular flexibility index (Phi) is 8.25. The van der Waals surface area contributed by atoms with Gasteiger partial charge < -0.3 is 10.1 Å². The number of nitrogens with zero attached hydrogens (tertiary/aromatic N) is 1. The molecule has 0 unspecified atom stereocenters. The molecule has 0 radical (unpaired) electrons. The highest BCUT2D eigenvalue weighted by Crippen LogP contribution is 2.32. The first-order valence-electron chi connectivity index (χ1n) is 10.7. The minimum Gasteiger partial charge on any atom is -0.495 e. The molecular formula is C23H28BrClN2O4S. The lowest BCUT2D eigenvalue weighted by atomic mass is 9.97. The first kappa shape index (κ1) is 25.0. The number of halogens is 2. The lowest BCUT2D eigenvalue weighted by molar-refractivity contribution is -0.120. The van der Waals surface area contributed by atoms with Crippen molar-refractivity contribution in [2.45, 2.75) is 44.4 Å². The summed E-state index contributed by atoms with van der Waals surface area (Å²) in [6.07, 6.45) is 2.82. The van der Waals surface area contributed by atoms with Crippen molar-refractivity contribution in [3.63, 3.8) is 0 Å². The summed E-state index contributed by atoms with van der Waals surface area (Å²) in [5, 5.41) is 3.33. The second-order valence-electron chi connectivity index (χ2n) is 7.79. The van der Waals surface area contributed by atoms with Crippen molar-refractivity contribution >= 4 is 49.1 Å². The third-order valence-electron chi connectivity index (χ3n) is 5.79. The number of amides is 1. The van der Waals surface area contributed by atoms with Crippen LogP contribution in [0.5, 0.6) is 5.75 Å². The third kappa shape index (κ3) is 5.30. The number of aryl methyl sites for hydroxylation is 2. The Bertz CT molecular complexity index is 1080. The number of ether oxygens (including phenoxy) is 1. The highest BCUT2D eigenvalue weighted by molar-refractivity contribution is 9.10. The van der Waals surface area contributed by atoms with E-state index in [4.69, 9.17) is 16.3 Å².